The van der Waals surface area contributed by atoms with Gasteiger partial charge in [0.25, 0.3) is 0 Å². The third-order valence-electron chi connectivity index (χ3n) is 6.59. The Morgan fingerprint density at radius 3 is 2.09 bits per heavy atom. The van der Waals surface area contributed by atoms with Crippen LogP contribution in [0, 0.1) is 0 Å². The van der Waals surface area contributed by atoms with Gasteiger partial charge < -0.3 is 14.4 Å². The van der Waals surface area contributed by atoms with Gasteiger partial charge in [-0.1, -0.05) is 60.7 Å². The van der Waals surface area contributed by atoms with Crippen molar-refractivity contribution in [2.75, 3.05) is 13.7 Å². The molecule has 0 aliphatic heterocycles. The van der Waals surface area contributed by atoms with Crippen LogP contribution in [0.2, 0.25) is 0 Å². The molecule has 0 saturated heterocycles. The van der Waals surface area contributed by atoms with Gasteiger partial charge in [0.2, 0.25) is 5.88 Å². The predicted octanol–water partition coefficient (Wildman–Crippen LogP) is 4.22. The molecule has 3 aromatic heterocycles. The minimum Gasteiger partial charge on any atom is -0.479 e. The highest BCUT2D eigenvalue weighted by atomic mass is 16.5. The summed E-state index contributed by atoms with van der Waals surface area (Å²) >= 11 is 0. The number of benzene rings is 2. The van der Waals surface area contributed by atoms with E-state index in [-0.39, 0.29) is 18.4 Å². The van der Waals surface area contributed by atoms with Crippen molar-refractivity contribution in [2.45, 2.75) is 24.8 Å². The third kappa shape index (κ3) is 3.72. The molecule has 5 aromatic rings. The topological polar surface area (TPSA) is 98.8 Å². The van der Waals surface area contributed by atoms with E-state index in [2.05, 4.69) is 27.1 Å². The summed E-state index contributed by atoms with van der Waals surface area (Å²) in [6.45, 7) is 0.644. The molecule has 0 amide bonds. The quantitative estimate of drug-likeness (QED) is 0.402. The molecule has 0 radical (unpaired) electrons. The summed E-state index contributed by atoms with van der Waals surface area (Å²) in [6, 6.07) is 20.2. The minimum atomic E-state index is -0.0752. The van der Waals surface area contributed by atoms with Crippen LogP contribution >= 0.6 is 0 Å². The molecule has 0 spiro atoms. The Labute approximate surface area is 202 Å². The predicted molar refractivity (Wildman–Crippen MR) is 132 cm³/mol. The van der Waals surface area contributed by atoms with E-state index in [1.807, 2.05) is 53.1 Å². The molecule has 35 heavy (non-hydrogen) atoms. The zero-order chi connectivity index (χ0) is 23.8. The van der Waals surface area contributed by atoms with Crippen molar-refractivity contribution in [3.63, 3.8) is 0 Å². The zero-order valence-corrected chi connectivity index (χ0v) is 19.2. The van der Waals surface area contributed by atoms with Crippen molar-refractivity contribution in [3.8, 4) is 28.4 Å². The molecule has 1 aliphatic carbocycles. The van der Waals surface area contributed by atoms with Crippen LogP contribution < -0.4 is 4.74 Å². The maximum atomic E-state index is 10.2. The highest BCUT2D eigenvalue weighted by Crippen LogP contribution is 2.43. The summed E-state index contributed by atoms with van der Waals surface area (Å²) in [7, 11) is 1.57. The van der Waals surface area contributed by atoms with E-state index in [9.17, 15) is 5.11 Å². The minimum absolute atomic E-state index is 0.0256. The fourth-order valence-electron chi connectivity index (χ4n) is 4.93. The van der Waals surface area contributed by atoms with Gasteiger partial charge in [-0.2, -0.15) is 4.98 Å². The van der Waals surface area contributed by atoms with E-state index in [1.54, 1.807) is 13.4 Å². The van der Waals surface area contributed by atoms with Gasteiger partial charge in [-0.3, -0.25) is 0 Å². The Morgan fingerprint density at radius 2 is 1.49 bits per heavy atom. The number of nitrogens with zero attached hydrogens (tertiary/aromatic N) is 6. The van der Waals surface area contributed by atoms with Gasteiger partial charge in [0.15, 0.2) is 11.2 Å². The first kappa shape index (κ1) is 21.4. The van der Waals surface area contributed by atoms with Crippen molar-refractivity contribution < 1.29 is 9.84 Å². The smallest absolute Gasteiger partial charge is 0.245 e. The van der Waals surface area contributed by atoms with Crippen molar-refractivity contribution in [2.24, 2.45) is 0 Å². The number of imidazole rings is 1. The Balaban J connectivity index is 1.47. The van der Waals surface area contributed by atoms with Gasteiger partial charge in [-0.05, 0) is 6.42 Å². The highest BCUT2D eigenvalue weighted by Gasteiger charge is 2.35. The Bertz CT molecular complexity index is 1490. The van der Waals surface area contributed by atoms with Gasteiger partial charge in [0.05, 0.1) is 42.8 Å². The molecule has 0 saturated carbocycles. The molecule has 3 heterocycles. The van der Waals surface area contributed by atoms with E-state index in [1.165, 1.54) is 6.33 Å². The van der Waals surface area contributed by atoms with Gasteiger partial charge in [0.1, 0.15) is 6.33 Å². The first-order chi connectivity index (χ1) is 17.3. The summed E-state index contributed by atoms with van der Waals surface area (Å²) in [5.41, 5.74) is 6.83. The second-order valence-electron chi connectivity index (χ2n) is 8.69. The van der Waals surface area contributed by atoms with E-state index in [4.69, 9.17) is 14.7 Å². The fourth-order valence-corrected chi connectivity index (χ4v) is 4.93. The van der Waals surface area contributed by atoms with Crippen LogP contribution in [-0.4, -0.2) is 48.3 Å². The summed E-state index contributed by atoms with van der Waals surface area (Å²) in [4.78, 5) is 23.4. The zero-order valence-electron chi connectivity index (χ0n) is 19.2. The Morgan fingerprint density at radius 1 is 0.857 bits per heavy atom. The largest absolute Gasteiger partial charge is 0.479 e. The molecule has 2 atom stereocenters. The molecular weight excluding hydrogens is 440 g/mol. The lowest BCUT2D eigenvalue weighted by Gasteiger charge is -2.15. The van der Waals surface area contributed by atoms with E-state index in [0.717, 1.165) is 40.3 Å². The normalized spacial score (nSPS) is 17.0. The number of aromatic nitrogens is 6. The molecule has 1 aliphatic rings. The molecule has 0 fully saturated rings. The molecule has 8 nitrogen and oxygen atoms in total. The number of ether oxygens (including phenoxy) is 1. The van der Waals surface area contributed by atoms with Gasteiger partial charge in [-0.25, -0.2) is 19.9 Å². The van der Waals surface area contributed by atoms with Crippen molar-refractivity contribution in [1.82, 2.24) is 29.5 Å². The van der Waals surface area contributed by atoms with Gasteiger partial charge in [-0.15, -0.1) is 0 Å². The molecule has 174 valence electrons. The number of rotatable bonds is 6. The molecular formula is C27H24N6O2. The van der Waals surface area contributed by atoms with Crippen LogP contribution in [0.25, 0.3) is 33.7 Å². The lowest BCUT2D eigenvalue weighted by molar-refractivity contribution is 0.258. The summed E-state index contributed by atoms with van der Waals surface area (Å²) in [5.74, 6) is 0.432. The maximum Gasteiger partial charge on any atom is 0.245 e. The van der Waals surface area contributed by atoms with Gasteiger partial charge in [0, 0.05) is 29.5 Å². The van der Waals surface area contributed by atoms with Crippen LogP contribution in [0.15, 0.2) is 73.3 Å². The van der Waals surface area contributed by atoms with Crippen molar-refractivity contribution in [3.05, 3.63) is 84.7 Å². The van der Waals surface area contributed by atoms with Crippen LogP contribution in [0.4, 0.5) is 0 Å². The van der Waals surface area contributed by atoms with Crippen LogP contribution in [0.5, 0.6) is 5.88 Å². The van der Waals surface area contributed by atoms with E-state index >= 15 is 0 Å². The van der Waals surface area contributed by atoms with Crippen molar-refractivity contribution >= 4 is 11.2 Å². The first-order valence-electron chi connectivity index (χ1n) is 11.6. The van der Waals surface area contributed by atoms with Crippen LogP contribution in [-0.2, 0) is 6.54 Å². The molecule has 8 heteroatoms. The third-order valence-corrected chi connectivity index (χ3v) is 6.59. The molecule has 2 aromatic carbocycles. The number of aliphatic hydroxyl groups is 1. The number of methoxy groups -OCH3 is 1. The average Bonchev–Trinajstić information content (AvgIpc) is 3.50. The Hall–Kier alpha value is -4.17. The first-order valence-corrected chi connectivity index (χ1v) is 11.6. The molecule has 1 N–H and O–H groups in total. The number of aliphatic hydroxyl groups excluding tert-OH is 1. The van der Waals surface area contributed by atoms with Crippen LogP contribution in [0.1, 0.15) is 29.6 Å². The van der Waals surface area contributed by atoms with Crippen molar-refractivity contribution in [1.29, 1.82) is 0 Å². The summed E-state index contributed by atoms with van der Waals surface area (Å²) in [6.07, 6.45) is 4.00. The Kier molecular flexibility index (Phi) is 5.42. The summed E-state index contributed by atoms with van der Waals surface area (Å²) < 4.78 is 7.34. The highest BCUT2D eigenvalue weighted by molar-refractivity contribution is 5.78. The van der Waals surface area contributed by atoms with E-state index in [0.29, 0.717) is 23.6 Å². The SMILES string of the molecule is COc1ncnc2c1ncn2C[C@@H]1C[C@H](CO)c2nc(-c3ccccc3)c(-c3ccccc3)nc21. The molecule has 0 bridgehead atoms. The lowest BCUT2D eigenvalue weighted by atomic mass is 10.0. The molecule has 6 rings (SSSR count). The second kappa shape index (κ2) is 8.88. The van der Waals surface area contributed by atoms with Crippen LogP contribution in [0.3, 0.4) is 0 Å². The number of hydrogen-bond acceptors (Lipinski definition) is 7. The standard InChI is InChI=1S/C27H24N6O2/c1-35-27-25-26(28-15-29-27)33(16-30-25)13-19-12-20(14-34)24-23(19)31-21(17-8-4-2-5-9-17)22(32-24)18-10-6-3-7-11-18/h2-11,15-16,19-20,34H,12-14H2,1H3/t19-,20+/m0/s1. The summed E-state index contributed by atoms with van der Waals surface area (Å²) in [5, 5.41) is 10.2. The second-order valence-corrected chi connectivity index (χ2v) is 8.69. The maximum absolute atomic E-state index is 10.2. The lowest BCUT2D eigenvalue weighted by Crippen LogP contribution is -2.09. The number of fused-ring (bicyclic) bond motifs is 2. The monoisotopic (exact) mass is 464 g/mol. The average molecular weight is 465 g/mol. The van der Waals surface area contributed by atoms with Gasteiger partial charge >= 0.3 is 0 Å². The molecule has 0 unspecified atom stereocenters. The fraction of sp³-hybridized carbons (Fsp3) is 0.222. The number of hydrogen-bond donors (Lipinski definition) is 1. The van der Waals surface area contributed by atoms with E-state index < -0.39 is 0 Å².